The summed E-state index contributed by atoms with van der Waals surface area (Å²) in [7, 11) is -0.0903. The van der Waals surface area contributed by atoms with E-state index in [2.05, 4.69) is 10.3 Å². The van der Waals surface area contributed by atoms with Gasteiger partial charge in [-0.15, -0.1) is 0 Å². The molecule has 0 aliphatic rings. The van der Waals surface area contributed by atoms with Gasteiger partial charge in [0, 0.05) is 24.2 Å². The first-order chi connectivity index (χ1) is 16.0. The second kappa shape index (κ2) is 9.93. The zero-order valence-corrected chi connectivity index (χ0v) is 19.0. The summed E-state index contributed by atoms with van der Waals surface area (Å²) in [6.07, 6.45) is -1.91. The smallest absolute Gasteiger partial charge is 0.416 e. The zero-order chi connectivity index (χ0) is 25.0. The molecule has 1 amide bonds. The Morgan fingerprint density at radius 1 is 1.12 bits per heavy atom. The molecule has 2 aromatic carbocycles. The molecule has 11 heteroatoms. The van der Waals surface area contributed by atoms with E-state index in [9.17, 15) is 22.2 Å². The maximum absolute atomic E-state index is 13.6. The number of halogens is 3. The Morgan fingerprint density at radius 3 is 2.47 bits per heavy atom. The molecule has 1 unspecified atom stereocenters. The highest BCUT2D eigenvalue weighted by Crippen LogP contribution is 2.39. The quantitative estimate of drug-likeness (QED) is 0.519. The summed E-state index contributed by atoms with van der Waals surface area (Å²) in [5.41, 5.74) is -0.817. The van der Waals surface area contributed by atoms with Crippen LogP contribution in [0.2, 0.25) is 0 Å². The summed E-state index contributed by atoms with van der Waals surface area (Å²) >= 11 is 0. The number of aromatic nitrogens is 1. The van der Waals surface area contributed by atoms with E-state index in [0.717, 1.165) is 12.1 Å². The maximum Gasteiger partial charge on any atom is 0.416 e. The SMILES string of the molecule is COc1cc(C#N)ccc1Oc1cc(C(F)(F)F)c(C)cc1C(=O)Nc1ccnc(S(C)=O)c1. The van der Waals surface area contributed by atoms with E-state index < -0.39 is 28.4 Å². The van der Waals surface area contributed by atoms with E-state index in [0.29, 0.717) is 0 Å². The van der Waals surface area contributed by atoms with Crippen LogP contribution >= 0.6 is 0 Å². The second-order valence-electron chi connectivity index (χ2n) is 7.03. The topological polar surface area (TPSA) is 101 Å². The predicted octanol–water partition coefficient (Wildman–Crippen LogP) is 5.07. The van der Waals surface area contributed by atoms with Gasteiger partial charge in [0.1, 0.15) is 10.8 Å². The van der Waals surface area contributed by atoms with Crippen LogP contribution in [0.15, 0.2) is 53.7 Å². The molecule has 1 atom stereocenters. The second-order valence-corrected chi connectivity index (χ2v) is 8.36. The molecule has 0 spiro atoms. The molecule has 0 radical (unpaired) electrons. The molecule has 3 aromatic rings. The third-order valence-electron chi connectivity index (χ3n) is 4.68. The lowest BCUT2D eigenvalue weighted by Gasteiger charge is -2.18. The van der Waals surface area contributed by atoms with Crippen molar-refractivity contribution in [2.24, 2.45) is 0 Å². The largest absolute Gasteiger partial charge is 0.493 e. The van der Waals surface area contributed by atoms with Gasteiger partial charge in [0.25, 0.3) is 5.91 Å². The number of pyridine rings is 1. The van der Waals surface area contributed by atoms with E-state index in [4.69, 9.17) is 14.7 Å². The van der Waals surface area contributed by atoms with Gasteiger partial charge >= 0.3 is 6.18 Å². The lowest BCUT2D eigenvalue weighted by molar-refractivity contribution is -0.138. The molecular weight excluding hydrogens is 471 g/mol. The Labute approximate surface area is 195 Å². The third-order valence-corrected chi connectivity index (χ3v) is 5.49. The van der Waals surface area contributed by atoms with Crippen molar-refractivity contribution in [2.75, 3.05) is 18.7 Å². The van der Waals surface area contributed by atoms with Gasteiger partial charge in [-0.2, -0.15) is 18.4 Å². The molecule has 0 fully saturated rings. The molecule has 3 rings (SSSR count). The Hall–Kier alpha value is -3.91. The number of methoxy groups -OCH3 is 1. The summed E-state index contributed by atoms with van der Waals surface area (Å²) in [6, 6.07) is 10.7. The van der Waals surface area contributed by atoms with E-state index >= 15 is 0 Å². The Kier molecular flexibility index (Phi) is 7.22. The van der Waals surface area contributed by atoms with Crippen molar-refractivity contribution in [2.45, 2.75) is 18.1 Å². The van der Waals surface area contributed by atoms with Crippen LogP contribution < -0.4 is 14.8 Å². The van der Waals surface area contributed by atoms with Crippen molar-refractivity contribution in [3.8, 4) is 23.3 Å². The number of anilines is 1. The Bertz CT molecular complexity index is 1320. The van der Waals surface area contributed by atoms with Gasteiger partial charge in [-0.1, -0.05) is 0 Å². The van der Waals surface area contributed by atoms with Gasteiger partial charge in [0.05, 0.1) is 40.7 Å². The van der Waals surface area contributed by atoms with E-state index in [1.807, 2.05) is 6.07 Å². The molecule has 7 nitrogen and oxygen atoms in total. The minimum Gasteiger partial charge on any atom is -0.493 e. The summed E-state index contributed by atoms with van der Waals surface area (Å²) in [6.45, 7) is 1.23. The number of carbonyl (C=O) groups is 1. The maximum atomic E-state index is 13.6. The number of carbonyl (C=O) groups excluding carboxylic acids is 1. The van der Waals surface area contributed by atoms with Crippen LogP contribution in [0.5, 0.6) is 17.2 Å². The number of aryl methyl sites for hydroxylation is 1. The molecule has 0 saturated carbocycles. The van der Waals surface area contributed by atoms with Crippen molar-refractivity contribution in [1.82, 2.24) is 4.98 Å². The number of benzene rings is 2. The number of ether oxygens (including phenoxy) is 2. The minimum atomic E-state index is -4.68. The van der Waals surface area contributed by atoms with Gasteiger partial charge in [0.15, 0.2) is 11.5 Å². The number of nitriles is 1. The van der Waals surface area contributed by atoms with Gasteiger partial charge in [-0.25, -0.2) is 4.98 Å². The van der Waals surface area contributed by atoms with Crippen LogP contribution in [-0.4, -0.2) is 28.5 Å². The number of hydrogen-bond donors (Lipinski definition) is 1. The monoisotopic (exact) mass is 489 g/mol. The van der Waals surface area contributed by atoms with Crippen LogP contribution in [0.4, 0.5) is 18.9 Å². The number of nitrogens with one attached hydrogen (secondary N) is 1. The molecule has 0 bridgehead atoms. The molecule has 1 aromatic heterocycles. The van der Waals surface area contributed by atoms with E-state index in [1.54, 1.807) is 0 Å². The number of alkyl halides is 3. The molecule has 176 valence electrons. The Balaban J connectivity index is 2.07. The first-order valence-corrected chi connectivity index (χ1v) is 11.2. The van der Waals surface area contributed by atoms with Crippen molar-refractivity contribution >= 4 is 22.4 Å². The summed E-state index contributed by atoms with van der Waals surface area (Å²) in [5, 5.41) is 11.8. The Morgan fingerprint density at radius 2 is 1.85 bits per heavy atom. The number of hydrogen-bond acceptors (Lipinski definition) is 6. The fraction of sp³-hybridized carbons (Fsp3) is 0.174. The van der Waals surface area contributed by atoms with Crippen molar-refractivity contribution in [3.63, 3.8) is 0 Å². The molecule has 34 heavy (non-hydrogen) atoms. The van der Waals surface area contributed by atoms with Crippen LogP contribution in [0, 0.1) is 18.3 Å². The average molecular weight is 489 g/mol. The predicted molar refractivity (Wildman–Crippen MR) is 118 cm³/mol. The average Bonchev–Trinajstić information content (AvgIpc) is 2.79. The highest BCUT2D eigenvalue weighted by atomic mass is 32.2. The normalized spacial score (nSPS) is 11.9. The standard InChI is InChI=1S/C23H18F3N3O4S/c1-13-8-16(22(30)29-15-6-7-28-21(10-15)34(3)31)19(11-17(13)23(24,25)26)33-18-5-4-14(12-27)9-20(18)32-2/h4-11H,1-3H3,(H,28,29,30). The van der Waals surface area contributed by atoms with Gasteiger partial charge < -0.3 is 14.8 Å². The molecular formula is C23H18F3N3O4S. The fourth-order valence-corrected chi connectivity index (χ4v) is 3.54. The third kappa shape index (κ3) is 5.52. The fourth-order valence-electron chi connectivity index (χ4n) is 3.04. The minimum absolute atomic E-state index is 0.0140. The van der Waals surface area contributed by atoms with E-state index in [1.165, 1.54) is 56.8 Å². The molecule has 0 aliphatic heterocycles. The zero-order valence-electron chi connectivity index (χ0n) is 18.2. The number of nitrogens with zero attached hydrogens (tertiary/aromatic N) is 2. The lowest BCUT2D eigenvalue weighted by Crippen LogP contribution is -2.16. The highest BCUT2D eigenvalue weighted by molar-refractivity contribution is 7.84. The molecule has 1 N–H and O–H groups in total. The first kappa shape index (κ1) is 24.7. The summed E-state index contributed by atoms with van der Waals surface area (Å²) in [4.78, 5) is 17.0. The van der Waals surface area contributed by atoms with Crippen LogP contribution in [0.3, 0.4) is 0 Å². The van der Waals surface area contributed by atoms with Crippen LogP contribution in [0.1, 0.15) is 27.0 Å². The van der Waals surface area contributed by atoms with E-state index in [-0.39, 0.29) is 44.7 Å². The molecule has 0 aliphatic carbocycles. The molecule has 0 saturated heterocycles. The van der Waals surface area contributed by atoms with Gasteiger partial charge in [-0.3, -0.25) is 9.00 Å². The van der Waals surface area contributed by atoms with Crippen LogP contribution in [-0.2, 0) is 17.0 Å². The number of amides is 1. The summed E-state index contributed by atoms with van der Waals surface area (Å²) < 4.78 is 63.2. The molecule has 1 heterocycles. The van der Waals surface area contributed by atoms with Gasteiger partial charge in [-0.05, 0) is 48.9 Å². The lowest BCUT2D eigenvalue weighted by atomic mass is 10.0. The van der Waals surface area contributed by atoms with Crippen molar-refractivity contribution < 1.29 is 31.6 Å². The number of rotatable bonds is 6. The van der Waals surface area contributed by atoms with Crippen molar-refractivity contribution in [3.05, 3.63) is 70.9 Å². The van der Waals surface area contributed by atoms with Gasteiger partial charge in [0.2, 0.25) is 0 Å². The summed E-state index contributed by atoms with van der Waals surface area (Å²) in [5.74, 6) is -1.01. The highest BCUT2D eigenvalue weighted by Gasteiger charge is 2.34. The van der Waals surface area contributed by atoms with Crippen molar-refractivity contribution in [1.29, 1.82) is 5.26 Å². The first-order valence-electron chi connectivity index (χ1n) is 9.62. The van der Waals surface area contributed by atoms with Crippen LogP contribution in [0.25, 0.3) is 0 Å².